The van der Waals surface area contributed by atoms with E-state index in [9.17, 15) is 9.90 Å². The van der Waals surface area contributed by atoms with E-state index in [4.69, 9.17) is 4.98 Å². The maximum absolute atomic E-state index is 11.7. The molecule has 1 aliphatic heterocycles. The summed E-state index contributed by atoms with van der Waals surface area (Å²) in [7, 11) is 2.13. The zero-order chi connectivity index (χ0) is 23.1. The number of hydrogen-bond donors (Lipinski definition) is 2. The molecule has 9 heteroatoms. The third-order valence-electron chi connectivity index (χ3n) is 6.28. The summed E-state index contributed by atoms with van der Waals surface area (Å²) in [4.78, 5) is 21.4. The van der Waals surface area contributed by atoms with E-state index in [0.29, 0.717) is 5.69 Å². The number of aromatic carboxylic acids is 1. The van der Waals surface area contributed by atoms with Gasteiger partial charge in [-0.3, -0.25) is 4.40 Å². The van der Waals surface area contributed by atoms with Crippen LogP contribution in [0.4, 0.5) is 11.6 Å². The SMILES string of the molecule is Cc1cc([C@@H](C)Nc2ccccc2C(=O)O)c2nc(N3CCN(C)CC3)n3cnnc3c2c1. The summed E-state index contributed by atoms with van der Waals surface area (Å²) >= 11 is 0. The molecule has 1 atom stereocenters. The van der Waals surface area contributed by atoms with Gasteiger partial charge in [-0.25, -0.2) is 9.78 Å². The first-order chi connectivity index (χ1) is 15.9. The predicted octanol–water partition coefficient (Wildman–Crippen LogP) is 3.21. The molecule has 5 rings (SSSR count). The van der Waals surface area contributed by atoms with Gasteiger partial charge < -0.3 is 20.2 Å². The molecule has 0 amide bonds. The number of fused-ring (bicyclic) bond motifs is 3. The van der Waals surface area contributed by atoms with Crippen molar-refractivity contribution in [2.45, 2.75) is 19.9 Å². The maximum atomic E-state index is 11.7. The molecule has 0 radical (unpaired) electrons. The van der Waals surface area contributed by atoms with Gasteiger partial charge in [-0.15, -0.1) is 10.2 Å². The van der Waals surface area contributed by atoms with Crippen LogP contribution >= 0.6 is 0 Å². The van der Waals surface area contributed by atoms with Crippen LogP contribution in [-0.4, -0.2) is 68.8 Å². The quantitative estimate of drug-likeness (QED) is 0.483. The number of aromatic nitrogens is 4. The van der Waals surface area contributed by atoms with Crippen molar-refractivity contribution < 1.29 is 9.90 Å². The number of benzene rings is 2. The van der Waals surface area contributed by atoms with Crippen LogP contribution in [0, 0.1) is 6.92 Å². The Hall–Kier alpha value is -3.72. The maximum Gasteiger partial charge on any atom is 0.337 e. The van der Waals surface area contributed by atoms with Crippen molar-refractivity contribution in [2.24, 2.45) is 0 Å². The van der Waals surface area contributed by atoms with Crippen molar-refractivity contribution in [1.29, 1.82) is 0 Å². The smallest absolute Gasteiger partial charge is 0.337 e. The fraction of sp³-hybridized carbons (Fsp3) is 0.333. The molecule has 170 valence electrons. The van der Waals surface area contributed by atoms with E-state index in [0.717, 1.165) is 59.8 Å². The highest BCUT2D eigenvalue weighted by molar-refractivity contribution is 5.96. The number of carboxylic acids is 1. The Balaban J connectivity index is 1.63. The van der Waals surface area contributed by atoms with Gasteiger partial charge in [0.15, 0.2) is 5.65 Å². The van der Waals surface area contributed by atoms with E-state index >= 15 is 0 Å². The minimum absolute atomic E-state index is 0.175. The number of hydrogen-bond acceptors (Lipinski definition) is 7. The fourth-order valence-corrected chi connectivity index (χ4v) is 4.49. The second kappa shape index (κ2) is 8.32. The summed E-state index contributed by atoms with van der Waals surface area (Å²) in [5.74, 6) is -0.126. The molecule has 4 aromatic rings. The molecule has 1 fully saturated rings. The van der Waals surface area contributed by atoms with E-state index in [1.165, 1.54) is 0 Å². The van der Waals surface area contributed by atoms with Crippen LogP contribution < -0.4 is 10.2 Å². The van der Waals surface area contributed by atoms with Crippen LogP contribution in [0.15, 0.2) is 42.7 Å². The minimum atomic E-state index is -0.958. The molecule has 1 saturated heterocycles. The third kappa shape index (κ3) is 3.84. The number of carbonyl (C=O) groups is 1. The van der Waals surface area contributed by atoms with Crippen LogP contribution in [0.3, 0.4) is 0 Å². The van der Waals surface area contributed by atoms with Crippen LogP contribution in [0.5, 0.6) is 0 Å². The van der Waals surface area contributed by atoms with Crippen molar-refractivity contribution in [2.75, 3.05) is 43.4 Å². The number of rotatable bonds is 5. The number of piperazine rings is 1. The van der Waals surface area contributed by atoms with Crippen LogP contribution in [-0.2, 0) is 0 Å². The zero-order valence-electron chi connectivity index (χ0n) is 19.0. The molecule has 0 bridgehead atoms. The van der Waals surface area contributed by atoms with Gasteiger partial charge in [0.2, 0.25) is 5.95 Å². The molecule has 2 aromatic heterocycles. The summed E-state index contributed by atoms with van der Waals surface area (Å²) in [6.45, 7) is 7.76. The van der Waals surface area contributed by atoms with E-state index in [1.54, 1.807) is 24.5 Å². The third-order valence-corrected chi connectivity index (χ3v) is 6.28. The van der Waals surface area contributed by atoms with Gasteiger partial charge in [-0.05, 0) is 44.7 Å². The number of nitrogens with one attached hydrogen (secondary N) is 1. The Bertz CT molecular complexity index is 1340. The van der Waals surface area contributed by atoms with E-state index < -0.39 is 5.97 Å². The number of likely N-dealkylation sites (N-methyl/N-ethyl adjacent to an activating group) is 1. The van der Waals surface area contributed by atoms with Gasteiger partial charge in [0.1, 0.15) is 6.33 Å². The highest BCUT2D eigenvalue weighted by Crippen LogP contribution is 2.32. The van der Waals surface area contributed by atoms with Crippen LogP contribution in [0.25, 0.3) is 16.6 Å². The number of aryl methyl sites for hydroxylation is 1. The first-order valence-corrected chi connectivity index (χ1v) is 11.1. The average molecular weight is 446 g/mol. The molecule has 2 aromatic carbocycles. The average Bonchev–Trinajstić information content (AvgIpc) is 3.29. The van der Waals surface area contributed by atoms with Crippen molar-refractivity contribution >= 4 is 34.2 Å². The lowest BCUT2D eigenvalue weighted by Crippen LogP contribution is -2.45. The Kier molecular flexibility index (Phi) is 5.33. The lowest BCUT2D eigenvalue weighted by molar-refractivity contribution is 0.0698. The highest BCUT2D eigenvalue weighted by Gasteiger charge is 2.23. The van der Waals surface area contributed by atoms with Crippen molar-refractivity contribution in [3.8, 4) is 0 Å². The van der Waals surface area contributed by atoms with Gasteiger partial charge >= 0.3 is 5.97 Å². The Morgan fingerprint density at radius 1 is 1.15 bits per heavy atom. The summed E-state index contributed by atoms with van der Waals surface area (Å²) in [5, 5.41) is 22.5. The van der Waals surface area contributed by atoms with Gasteiger partial charge in [-0.2, -0.15) is 0 Å². The number of anilines is 2. The molecular formula is C24H27N7O2. The summed E-state index contributed by atoms with van der Waals surface area (Å²) in [6.07, 6.45) is 1.72. The summed E-state index contributed by atoms with van der Waals surface area (Å²) in [6, 6.07) is 11.0. The van der Waals surface area contributed by atoms with Crippen molar-refractivity contribution in [3.05, 3.63) is 59.4 Å². The molecule has 9 nitrogen and oxygen atoms in total. The highest BCUT2D eigenvalue weighted by atomic mass is 16.4. The van der Waals surface area contributed by atoms with Crippen molar-refractivity contribution in [1.82, 2.24) is 24.5 Å². The summed E-state index contributed by atoms with van der Waals surface area (Å²) < 4.78 is 1.97. The standard InChI is InChI=1S/C24H27N7O2/c1-15-12-18(16(2)26-20-7-5-4-6-17(20)23(32)33)21-19(13-15)22-28-25-14-31(22)24(27-21)30-10-8-29(3)9-11-30/h4-7,12-14,16,26H,8-11H2,1-3H3,(H,32,33)/t16-/m1/s1. The van der Waals surface area contributed by atoms with Gasteiger partial charge in [0, 0.05) is 42.8 Å². The molecule has 0 saturated carbocycles. The number of nitrogens with zero attached hydrogens (tertiary/aromatic N) is 6. The van der Waals surface area contributed by atoms with Gasteiger partial charge in [0.05, 0.1) is 17.1 Å². The van der Waals surface area contributed by atoms with E-state index in [1.807, 2.05) is 24.3 Å². The Labute approximate surface area is 191 Å². The monoisotopic (exact) mass is 445 g/mol. The molecule has 2 N–H and O–H groups in total. The topological polar surface area (TPSA) is 98.9 Å². The second-order valence-corrected chi connectivity index (χ2v) is 8.69. The lowest BCUT2D eigenvalue weighted by atomic mass is 10.0. The Morgan fingerprint density at radius 2 is 1.91 bits per heavy atom. The summed E-state index contributed by atoms with van der Waals surface area (Å²) in [5.41, 5.74) is 4.52. The largest absolute Gasteiger partial charge is 0.478 e. The second-order valence-electron chi connectivity index (χ2n) is 8.69. The number of carboxylic acid groups (broad SMARTS) is 1. The first kappa shape index (κ1) is 21.1. The molecule has 3 heterocycles. The van der Waals surface area contributed by atoms with E-state index in [-0.39, 0.29) is 11.6 Å². The fourth-order valence-electron chi connectivity index (χ4n) is 4.49. The minimum Gasteiger partial charge on any atom is -0.478 e. The number of para-hydroxylation sites is 1. The molecule has 33 heavy (non-hydrogen) atoms. The molecular weight excluding hydrogens is 418 g/mol. The van der Waals surface area contributed by atoms with Crippen LogP contribution in [0.1, 0.15) is 34.5 Å². The zero-order valence-corrected chi connectivity index (χ0v) is 19.0. The Morgan fingerprint density at radius 3 is 2.67 bits per heavy atom. The molecule has 0 unspecified atom stereocenters. The van der Waals surface area contributed by atoms with Gasteiger partial charge in [-0.1, -0.05) is 18.2 Å². The molecule has 0 spiro atoms. The van der Waals surface area contributed by atoms with E-state index in [2.05, 4.69) is 44.5 Å². The van der Waals surface area contributed by atoms with Crippen molar-refractivity contribution in [3.63, 3.8) is 0 Å². The lowest BCUT2D eigenvalue weighted by Gasteiger charge is -2.33. The van der Waals surface area contributed by atoms with Gasteiger partial charge in [0.25, 0.3) is 0 Å². The first-order valence-electron chi connectivity index (χ1n) is 11.1. The normalized spacial score (nSPS) is 15.8. The molecule has 1 aliphatic rings. The predicted molar refractivity (Wildman–Crippen MR) is 128 cm³/mol. The van der Waals surface area contributed by atoms with Crippen LogP contribution in [0.2, 0.25) is 0 Å². The molecule has 0 aliphatic carbocycles.